The van der Waals surface area contributed by atoms with Crippen LogP contribution in [0.4, 0.5) is 4.39 Å². The van der Waals surface area contributed by atoms with Crippen LogP contribution >= 0.6 is 0 Å². The monoisotopic (exact) mass is 193 g/mol. The van der Waals surface area contributed by atoms with Crippen LogP contribution in [0, 0.1) is 0 Å². The predicted molar refractivity (Wildman–Crippen MR) is 52.5 cm³/mol. The van der Waals surface area contributed by atoms with Gasteiger partial charge in [0.2, 0.25) is 6.08 Å². The van der Waals surface area contributed by atoms with E-state index in [1.165, 1.54) is 13.0 Å². The standard InChI is InChI=1S/C11H12FNO/c1-9(12)6-10-4-2-3-5-11(10)7-13-8-14/h2-5,9H,6-7H2,1H3. The van der Waals surface area contributed by atoms with Crippen LogP contribution in [0.5, 0.6) is 0 Å². The Hall–Kier alpha value is -1.47. The number of carbonyl (C=O) groups excluding carboxylic acids is 1. The normalized spacial score (nSPS) is 11.9. The van der Waals surface area contributed by atoms with Crippen LogP contribution < -0.4 is 0 Å². The Morgan fingerprint density at radius 2 is 2.07 bits per heavy atom. The predicted octanol–water partition coefficient (Wildman–Crippen LogP) is 2.42. The van der Waals surface area contributed by atoms with Crippen molar-refractivity contribution in [2.45, 2.75) is 26.1 Å². The zero-order valence-corrected chi connectivity index (χ0v) is 8.03. The summed E-state index contributed by atoms with van der Waals surface area (Å²) in [6.07, 6.45) is 0.965. The number of halogens is 1. The summed E-state index contributed by atoms with van der Waals surface area (Å²) in [5.41, 5.74) is 1.79. The topological polar surface area (TPSA) is 29.4 Å². The molecule has 74 valence electrons. The van der Waals surface area contributed by atoms with Crippen LogP contribution in [0.25, 0.3) is 0 Å². The molecule has 0 aliphatic heterocycles. The number of benzene rings is 1. The third-order valence-electron chi connectivity index (χ3n) is 1.93. The lowest BCUT2D eigenvalue weighted by atomic mass is 10.0. The zero-order valence-electron chi connectivity index (χ0n) is 8.03. The fourth-order valence-corrected chi connectivity index (χ4v) is 1.33. The maximum absolute atomic E-state index is 12.8. The summed E-state index contributed by atoms with van der Waals surface area (Å²) in [5.74, 6) is 0. The average Bonchev–Trinajstić information content (AvgIpc) is 2.16. The summed E-state index contributed by atoms with van der Waals surface area (Å²) in [6, 6.07) is 7.40. The van der Waals surface area contributed by atoms with Crippen LogP contribution in [0.15, 0.2) is 29.3 Å². The summed E-state index contributed by atoms with van der Waals surface area (Å²) in [7, 11) is 0. The van der Waals surface area contributed by atoms with Gasteiger partial charge in [-0.1, -0.05) is 24.3 Å². The van der Waals surface area contributed by atoms with Crippen molar-refractivity contribution in [3.63, 3.8) is 0 Å². The molecule has 1 unspecified atom stereocenters. The molecule has 0 aromatic heterocycles. The van der Waals surface area contributed by atoms with Gasteiger partial charge in [0.05, 0.1) is 6.54 Å². The summed E-state index contributed by atoms with van der Waals surface area (Å²) >= 11 is 0. The molecule has 3 heteroatoms. The van der Waals surface area contributed by atoms with E-state index >= 15 is 0 Å². The van der Waals surface area contributed by atoms with E-state index in [0.717, 1.165) is 11.1 Å². The number of hydrogen-bond donors (Lipinski definition) is 0. The van der Waals surface area contributed by atoms with Gasteiger partial charge in [-0.25, -0.2) is 14.2 Å². The maximum Gasteiger partial charge on any atom is 0.235 e. The summed E-state index contributed by atoms with van der Waals surface area (Å²) in [4.78, 5) is 13.4. The van der Waals surface area contributed by atoms with Crippen LogP contribution in [-0.2, 0) is 17.8 Å². The van der Waals surface area contributed by atoms with Crippen molar-refractivity contribution in [2.75, 3.05) is 0 Å². The molecule has 2 nitrogen and oxygen atoms in total. The Bertz CT molecular complexity index is 343. The minimum atomic E-state index is -0.878. The van der Waals surface area contributed by atoms with E-state index in [-0.39, 0.29) is 6.54 Å². The molecule has 1 atom stereocenters. The third kappa shape index (κ3) is 3.11. The molecule has 1 aromatic rings. The molecule has 0 fully saturated rings. The highest BCUT2D eigenvalue weighted by atomic mass is 19.1. The first-order chi connectivity index (χ1) is 6.74. The summed E-state index contributed by atoms with van der Waals surface area (Å²) in [6.45, 7) is 1.80. The van der Waals surface area contributed by atoms with E-state index in [9.17, 15) is 9.18 Å². The molecule has 0 radical (unpaired) electrons. The fraction of sp³-hybridized carbons (Fsp3) is 0.364. The van der Waals surface area contributed by atoms with E-state index in [2.05, 4.69) is 4.99 Å². The van der Waals surface area contributed by atoms with Crippen molar-refractivity contribution in [3.8, 4) is 0 Å². The lowest BCUT2D eigenvalue weighted by Gasteiger charge is -2.06. The van der Waals surface area contributed by atoms with Gasteiger partial charge in [-0.05, 0) is 18.1 Å². The van der Waals surface area contributed by atoms with E-state index in [1.807, 2.05) is 24.3 Å². The van der Waals surface area contributed by atoms with Crippen LogP contribution in [0.2, 0.25) is 0 Å². The smallest absolute Gasteiger partial charge is 0.235 e. The fourth-order valence-electron chi connectivity index (χ4n) is 1.33. The van der Waals surface area contributed by atoms with E-state index < -0.39 is 6.17 Å². The second kappa shape index (κ2) is 5.30. The molecule has 0 saturated carbocycles. The van der Waals surface area contributed by atoms with Gasteiger partial charge in [-0.2, -0.15) is 0 Å². The number of nitrogens with zero attached hydrogens (tertiary/aromatic N) is 1. The van der Waals surface area contributed by atoms with Crippen LogP contribution in [-0.4, -0.2) is 12.3 Å². The molecule has 0 aliphatic carbocycles. The van der Waals surface area contributed by atoms with Crippen molar-refractivity contribution in [1.82, 2.24) is 0 Å². The Morgan fingerprint density at radius 3 is 2.64 bits per heavy atom. The Morgan fingerprint density at radius 1 is 1.43 bits per heavy atom. The second-order valence-corrected chi connectivity index (χ2v) is 3.16. The largest absolute Gasteiger partial charge is 0.247 e. The van der Waals surface area contributed by atoms with Crippen molar-refractivity contribution >= 4 is 6.08 Å². The minimum absolute atomic E-state index is 0.284. The quantitative estimate of drug-likeness (QED) is 0.533. The highest BCUT2D eigenvalue weighted by Crippen LogP contribution is 2.13. The molecule has 1 aromatic carbocycles. The van der Waals surface area contributed by atoms with Crippen molar-refractivity contribution < 1.29 is 9.18 Å². The van der Waals surface area contributed by atoms with Crippen LogP contribution in [0.1, 0.15) is 18.1 Å². The average molecular weight is 193 g/mol. The second-order valence-electron chi connectivity index (χ2n) is 3.16. The molecular formula is C11H12FNO. The molecule has 0 heterocycles. The van der Waals surface area contributed by atoms with Crippen LogP contribution in [0.3, 0.4) is 0 Å². The number of hydrogen-bond acceptors (Lipinski definition) is 2. The summed E-state index contributed by atoms with van der Waals surface area (Å²) < 4.78 is 12.8. The molecule has 0 amide bonds. The van der Waals surface area contributed by atoms with Gasteiger partial charge in [-0.15, -0.1) is 0 Å². The molecule has 0 bridgehead atoms. The molecule has 14 heavy (non-hydrogen) atoms. The van der Waals surface area contributed by atoms with Gasteiger partial charge in [0.1, 0.15) is 6.17 Å². The van der Waals surface area contributed by atoms with Gasteiger partial charge in [0.15, 0.2) is 0 Å². The van der Waals surface area contributed by atoms with Gasteiger partial charge >= 0.3 is 0 Å². The van der Waals surface area contributed by atoms with Crippen molar-refractivity contribution in [1.29, 1.82) is 0 Å². The van der Waals surface area contributed by atoms with E-state index in [4.69, 9.17) is 0 Å². The van der Waals surface area contributed by atoms with Gasteiger partial charge in [0.25, 0.3) is 0 Å². The Balaban J connectivity index is 2.84. The van der Waals surface area contributed by atoms with Crippen molar-refractivity contribution in [2.24, 2.45) is 4.99 Å². The number of isocyanates is 1. The van der Waals surface area contributed by atoms with Gasteiger partial charge < -0.3 is 0 Å². The minimum Gasteiger partial charge on any atom is -0.247 e. The Kier molecular flexibility index (Phi) is 4.02. The van der Waals surface area contributed by atoms with Gasteiger partial charge in [-0.3, -0.25) is 0 Å². The number of alkyl halides is 1. The van der Waals surface area contributed by atoms with E-state index in [0.29, 0.717) is 6.42 Å². The first-order valence-electron chi connectivity index (χ1n) is 4.48. The lowest BCUT2D eigenvalue weighted by Crippen LogP contribution is -2.01. The molecule has 1 rings (SSSR count). The Labute approximate surface area is 82.5 Å². The molecular weight excluding hydrogens is 181 g/mol. The van der Waals surface area contributed by atoms with E-state index in [1.54, 1.807) is 0 Å². The summed E-state index contributed by atoms with van der Waals surface area (Å²) in [5, 5.41) is 0. The maximum atomic E-state index is 12.8. The molecule has 0 aliphatic rings. The third-order valence-corrected chi connectivity index (χ3v) is 1.93. The number of rotatable bonds is 4. The molecule has 0 N–H and O–H groups in total. The first kappa shape index (κ1) is 10.6. The first-order valence-corrected chi connectivity index (χ1v) is 4.48. The van der Waals surface area contributed by atoms with Gasteiger partial charge in [0, 0.05) is 6.42 Å². The molecule has 0 saturated heterocycles. The highest BCUT2D eigenvalue weighted by molar-refractivity contribution is 5.35. The molecule has 0 spiro atoms. The van der Waals surface area contributed by atoms with Crippen molar-refractivity contribution in [3.05, 3.63) is 35.4 Å². The number of aliphatic imine (C=N–C) groups is 1. The zero-order chi connectivity index (χ0) is 10.4. The highest BCUT2D eigenvalue weighted by Gasteiger charge is 2.05. The lowest BCUT2D eigenvalue weighted by molar-refractivity contribution is 0.359. The SMILES string of the molecule is CC(F)Cc1ccccc1CN=C=O.